The van der Waals surface area contributed by atoms with Crippen molar-refractivity contribution in [2.24, 2.45) is 0 Å². The maximum Gasteiger partial charge on any atom is 0.0711 e. The van der Waals surface area contributed by atoms with Crippen LogP contribution in [0.15, 0.2) is 48.7 Å². The Morgan fingerprint density at radius 1 is 1.05 bits per heavy atom. The number of hydrogen-bond acceptors (Lipinski definition) is 1. The Morgan fingerprint density at radius 3 is 2.68 bits per heavy atom. The van der Waals surface area contributed by atoms with Crippen molar-refractivity contribution in [1.82, 2.24) is 9.61 Å². The van der Waals surface area contributed by atoms with Gasteiger partial charge in [0.05, 0.1) is 5.52 Å². The largest absolute Gasteiger partial charge is 0.284 e. The molecule has 0 aliphatic rings. The number of benzene rings is 2. The van der Waals surface area contributed by atoms with Crippen LogP contribution in [0.3, 0.4) is 0 Å². The van der Waals surface area contributed by atoms with Gasteiger partial charge in [0.15, 0.2) is 0 Å². The Balaban J connectivity index is 0.00000110. The van der Waals surface area contributed by atoms with Gasteiger partial charge >= 0.3 is 0 Å². The van der Waals surface area contributed by atoms with Gasteiger partial charge in [-0.25, -0.2) is 0 Å². The predicted molar refractivity (Wildman–Crippen MR) is 69.0 cm³/mol. The van der Waals surface area contributed by atoms with E-state index < -0.39 is 0 Å². The summed E-state index contributed by atoms with van der Waals surface area (Å²) in [5.41, 5.74) is 1.82. The molecule has 0 atom stereocenters. The Kier molecular flexibility index (Phi) is 2.85. The van der Waals surface area contributed by atoms with Crippen LogP contribution in [0.5, 0.6) is 0 Å². The molecule has 2 heterocycles. The van der Waals surface area contributed by atoms with Crippen LogP contribution >= 0.6 is 0 Å². The second-order valence-corrected chi connectivity index (χ2v) is 4.25. The topological polar surface area (TPSA) is 17.3 Å². The quantitative estimate of drug-likeness (QED) is 0.310. The molecule has 0 N–H and O–H groups in total. The summed E-state index contributed by atoms with van der Waals surface area (Å²) < 4.78 is 15.2. The molecular formula is C15H8FIrN2-. The number of aromatic nitrogens is 2. The molecular weight excluding hydrogens is 419 g/mol. The van der Waals surface area contributed by atoms with Gasteiger partial charge in [0, 0.05) is 32.1 Å². The second-order valence-electron chi connectivity index (χ2n) is 4.25. The minimum absolute atomic E-state index is 0. The van der Waals surface area contributed by atoms with Crippen molar-refractivity contribution in [1.29, 1.82) is 0 Å². The molecule has 2 aromatic carbocycles. The van der Waals surface area contributed by atoms with Gasteiger partial charge < -0.3 is 0 Å². The van der Waals surface area contributed by atoms with Crippen molar-refractivity contribution in [2.45, 2.75) is 0 Å². The number of rotatable bonds is 0. The Labute approximate surface area is 122 Å². The maximum absolute atomic E-state index is 13.4. The van der Waals surface area contributed by atoms with E-state index in [-0.39, 0.29) is 25.9 Å². The normalized spacial score (nSPS) is 11.0. The van der Waals surface area contributed by atoms with Crippen molar-refractivity contribution in [3.05, 3.63) is 60.5 Å². The maximum atomic E-state index is 13.4. The van der Waals surface area contributed by atoms with Gasteiger partial charge in [-0.3, -0.25) is 8.91 Å². The molecule has 0 aliphatic carbocycles. The third-order valence-corrected chi connectivity index (χ3v) is 3.23. The van der Waals surface area contributed by atoms with E-state index in [0.29, 0.717) is 0 Å². The summed E-state index contributed by atoms with van der Waals surface area (Å²) in [6, 6.07) is 15.8. The monoisotopic (exact) mass is 428 g/mol. The van der Waals surface area contributed by atoms with Crippen molar-refractivity contribution < 1.29 is 24.5 Å². The summed E-state index contributed by atoms with van der Waals surface area (Å²) in [6.07, 6.45) is 1.75. The van der Waals surface area contributed by atoms with Gasteiger partial charge in [-0.15, -0.1) is 12.1 Å². The predicted octanol–water partition coefficient (Wildman–Crippen LogP) is 3.58. The molecule has 4 heteroatoms. The van der Waals surface area contributed by atoms with Crippen LogP contribution < -0.4 is 0 Å². The third kappa shape index (κ3) is 1.68. The average molecular weight is 427 g/mol. The van der Waals surface area contributed by atoms with Gasteiger partial charge in [0.1, 0.15) is 0 Å². The van der Waals surface area contributed by atoms with Gasteiger partial charge in [0.25, 0.3) is 0 Å². The number of pyridine rings is 1. The summed E-state index contributed by atoms with van der Waals surface area (Å²) in [5.74, 6) is -0.279. The summed E-state index contributed by atoms with van der Waals surface area (Å²) in [5, 5.41) is 7.22. The molecule has 19 heavy (non-hydrogen) atoms. The summed E-state index contributed by atoms with van der Waals surface area (Å²) in [6.45, 7) is 0. The van der Waals surface area contributed by atoms with E-state index in [4.69, 9.17) is 0 Å². The summed E-state index contributed by atoms with van der Waals surface area (Å²) in [7, 11) is 0. The molecule has 0 spiro atoms. The summed E-state index contributed by atoms with van der Waals surface area (Å²) in [4.78, 5) is 0. The van der Waals surface area contributed by atoms with Crippen LogP contribution in [0.2, 0.25) is 0 Å². The summed E-state index contributed by atoms with van der Waals surface area (Å²) >= 11 is 0. The Hall–Kier alpha value is -1.77. The molecule has 0 aliphatic heterocycles. The molecule has 0 saturated heterocycles. The Morgan fingerprint density at radius 2 is 1.84 bits per heavy atom. The third-order valence-electron chi connectivity index (χ3n) is 3.23. The van der Waals surface area contributed by atoms with E-state index in [9.17, 15) is 4.39 Å². The molecule has 0 fully saturated rings. The molecule has 0 amide bonds. The minimum atomic E-state index is -0.279. The first-order valence-electron chi connectivity index (χ1n) is 5.70. The number of fused-ring (bicyclic) bond motifs is 6. The van der Waals surface area contributed by atoms with E-state index in [2.05, 4.69) is 11.2 Å². The zero-order valence-corrected chi connectivity index (χ0v) is 12.1. The number of hydrogen-bond donors (Lipinski definition) is 0. The average Bonchev–Trinajstić information content (AvgIpc) is 2.88. The van der Waals surface area contributed by atoms with E-state index in [0.717, 1.165) is 27.2 Å². The van der Waals surface area contributed by atoms with Crippen molar-refractivity contribution in [2.75, 3.05) is 0 Å². The number of nitrogens with zero attached hydrogens (tertiary/aromatic N) is 2. The first-order chi connectivity index (χ1) is 8.84. The van der Waals surface area contributed by atoms with E-state index in [1.54, 1.807) is 10.7 Å². The molecule has 2 nitrogen and oxygen atoms in total. The van der Waals surface area contributed by atoms with Crippen molar-refractivity contribution in [3.8, 4) is 0 Å². The molecule has 0 unspecified atom stereocenters. The zero-order valence-electron chi connectivity index (χ0n) is 9.72. The van der Waals surface area contributed by atoms with Crippen molar-refractivity contribution in [3.63, 3.8) is 0 Å². The van der Waals surface area contributed by atoms with Gasteiger partial charge in [-0.1, -0.05) is 35.0 Å². The van der Waals surface area contributed by atoms with E-state index in [1.165, 1.54) is 12.1 Å². The molecule has 1 radical (unpaired) electrons. The fraction of sp³-hybridized carbons (Fsp3) is 0. The first-order valence-corrected chi connectivity index (χ1v) is 5.70. The Bertz CT molecular complexity index is 898. The molecule has 4 rings (SSSR count). The van der Waals surface area contributed by atoms with E-state index >= 15 is 0 Å². The fourth-order valence-corrected chi connectivity index (χ4v) is 2.47. The first kappa shape index (κ1) is 12.3. The standard InChI is InChI=1S/C15H8FN2.Ir/c16-10-5-6-14-13(9-10)11-3-1-2-4-12(11)15-7-8-17-18(14)15;/h1-5,7-9H;/q-1;. The van der Waals surface area contributed by atoms with E-state index in [1.807, 2.05) is 30.3 Å². The van der Waals surface area contributed by atoms with Crippen LogP contribution in [0.1, 0.15) is 0 Å². The fourth-order valence-electron chi connectivity index (χ4n) is 2.47. The molecule has 95 valence electrons. The van der Waals surface area contributed by atoms with Crippen molar-refractivity contribution >= 4 is 27.2 Å². The van der Waals surface area contributed by atoms with Crippen LogP contribution in [-0.2, 0) is 20.1 Å². The molecule has 0 saturated carbocycles. The molecule has 2 aromatic heterocycles. The smallest absolute Gasteiger partial charge is 0.0711 e. The zero-order chi connectivity index (χ0) is 12.1. The van der Waals surface area contributed by atoms with Crippen LogP contribution in [-0.4, -0.2) is 9.61 Å². The van der Waals surface area contributed by atoms with Gasteiger partial charge in [0.2, 0.25) is 0 Å². The van der Waals surface area contributed by atoms with Crippen LogP contribution in [0.4, 0.5) is 4.39 Å². The van der Waals surface area contributed by atoms with Gasteiger partial charge in [-0.05, 0) is 17.0 Å². The minimum Gasteiger partial charge on any atom is -0.284 e. The SMILES string of the molecule is Fc1c[c-]c2c(c1)c1ccccc1c1ccnn21.[Ir]. The molecule has 4 aromatic rings. The van der Waals surface area contributed by atoms with Crippen LogP contribution in [0.25, 0.3) is 27.2 Å². The van der Waals surface area contributed by atoms with Crippen LogP contribution in [0, 0.1) is 11.9 Å². The molecule has 0 bridgehead atoms. The van der Waals surface area contributed by atoms with Gasteiger partial charge in [-0.2, -0.15) is 11.2 Å². The second kappa shape index (κ2) is 4.41. The number of halogens is 1.